The first-order valence-corrected chi connectivity index (χ1v) is 7.50. The van der Waals surface area contributed by atoms with E-state index >= 15 is 0 Å². The summed E-state index contributed by atoms with van der Waals surface area (Å²) in [7, 11) is 0. The second-order valence-corrected chi connectivity index (χ2v) is 5.58. The number of nitrogens with zero attached hydrogens (tertiary/aromatic N) is 2. The molecule has 2 aromatic rings. The lowest BCUT2D eigenvalue weighted by molar-refractivity contribution is -0.154. The zero-order valence-corrected chi connectivity index (χ0v) is 13.9. The third-order valence-corrected chi connectivity index (χ3v) is 3.32. The summed E-state index contributed by atoms with van der Waals surface area (Å²) >= 11 is 5.59. The van der Waals surface area contributed by atoms with Crippen molar-refractivity contribution in [3.63, 3.8) is 0 Å². The maximum absolute atomic E-state index is 13.6. The van der Waals surface area contributed by atoms with Crippen LogP contribution in [0, 0.1) is 5.82 Å². The monoisotopic (exact) mass is 393 g/mol. The summed E-state index contributed by atoms with van der Waals surface area (Å²) in [5.41, 5.74) is -1.32. The maximum atomic E-state index is 13.6. The number of carbonyl (C=O) groups excluding carboxylic acids is 2. The minimum Gasteiger partial charge on any atom is -0.451 e. The molecule has 1 unspecified atom stereocenters. The molecule has 1 N–H and O–H groups in total. The molecular formula is C15H12ClF4N3O3. The predicted octanol–water partition coefficient (Wildman–Crippen LogP) is 3.26. The molecule has 0 aliphatic rings. The Balaban J connectivity index is 1.91. The molecule has 11 heteroatoms. The number of hydrogen-bond donors (Lipinski definition) is 1. The molecule has 0 saturated heterocycles. The second-order valence-electron chi connectivity index (χ2n) is 5.14. The summed E-state index contributed by atoms with van der Waals surface area (Å²) in [6.07, 6.45) is -4.99. The first-order valence-electron chi connectivity index (χ1n) is 7.12. The Morgan fingerprint density at radius 2 is 2.04 bits per heavy atom. The maximum Gasteiger partial charge on any atom is 0.435 e. The van der Waals surface area contributed by atoms with Gasteiger partial charge < -0.3 is 10.1 Å². The normalized spacial score (nSPS) is 12.5. The Bertz CT molecular complexity index is 823. The highest BCUT2D eigenvalue weighted by Crippen LogP contribution is 2.27. The zero-order chi connectivity index (χ0) is 19.5. The minimum atomic E-state index is -4.63. The van der Waals surface area contributed by atoms with Crippen LogP contribution in [0.15, 0.2) is 30.5 Å². The topological polar surface area (TPSA) is 73.2 Å². The Hall–Kier alpha value is -2.62. The van der Waals surface area contributed by atoms with Crippen molar-refractivity contribution in [2.75, 3.05) is 5.32 Å². The quantitative estimate of drug-likeness (QED) is 0.625. The third kappa shape index (κ3) is 5.19. The number of esters is 1. The standard InChI is InChI=1S/C15H12ClF4N3O3/c1-8(14(25)21-11-3-2-9(16)6-10(11)17)26-13(24)7-23-5-4-12(22-23)15(18,19)20/h2-6,8H,7H2,1H3,(H,21,25). The van der Waals surface area contributed by atoms with Crippen LogP contribution in [0.4, 0.5) is 23.2 Å². The Labute approximate surface area is 149 Å². The number of aromatic nitrogens is 2. The van der Waals surface area contributed by atoms with E-state index in [2.05, 4.69) is 10.4 Å². The van der Waals surface area contributed by atoms with Gasteiger partial charge in [-0.05, 0) is 31.2 Å². The fourth-order valence-electron chi connectivity index (χ4n) is 1.85. The molecule has 0 aliphatic heterocycles. The predicted molar refractivity (Wildman–Crippen MR) is 82.8 cm³/mol. The minimum absolute atomic E-state index is 0.137. The van der Waals surface area contributed by atoms with Crippen LogP contribution in [-0.4, -0.2) is 27.8 Å². The Kier molecular flexibility index (Phi) is 5.86. The average Bonchev–Trinajstić information content (AvgIpc) is 2.98. The van der Waals surface area contributed by atoms with Gasteiger partial charge in [-0.2, -0.15) is 18.3 Å². The van der Waals surface area contributed by atoms with E-state index in [0.29, 0.717) is 6.07 Å². The van der Waals surface area contributed by atoms with Gasteiger partial charge in [-0.3, -0.25) is 14.3 Å². The smallest absolute Gasteiger partial charge is 0.435 e. The highest BCUT2D eigenvalue weighted by Gasteiger charge is 2.33. The summed E-state index contributed by atoms with van der Waals surface area (Å²) in [6, 6.07) is 4.27. The number of nitrogens with one attached hydrogen (secondary N) is 1. The molecule has 0 bridgehead atoms. The van der Waals surface area contributed by atoms with Crippen molar-refractivity contribution >= 4 is 29.2 Å². The van der Waals surface area contributed by atoms with Crippen molar-refractivity contribution < 1.29 is 31.9 Å². The molecule has 1 aromatic carbocycles. The number of alkyl halides is 3. The lowest BCUT2D eigenvalue weighted by Crippen LogP contribution is -2.31. The zero-order valence-electron chi connectivity index (χ0n) is 13.2. The van der Waals surface area contributed by atoms with Gasteiger partial charge in [0.15, 0.2) is 11.8 Å². The molecular weight excluding hydrogens is 382 g/mol. The average molecular weight is 394 g/mol. The number of ether oxygens (including phenoxy) is 1. The van der Waals surface area contributed by atoms with E-state index in [1.807, 2.05) is 0 Å². The summed E-state index contributed by atoms with van der Waals surface area (Å²) in [5.74, 6) is -2.59. The third-order valence-electron chi connectivity index (χ3n) is 3.09. The van der Waals surface area contributed by atoms with Crippen LogP contribution in [-0.2, 0) is 27.0 Å². The molecule has 0 saturated carbocycles. The van der Waals surface area contributed by atoms with Crippen LogP contribution >= 0.6 is 11.6 Å². The lowest BCUT2D eigenvalue weighted by Gasteiger charge is -2.14. The molecule has 1 amide bonds. The van der Waals surface area contributed by atoms with Crippen LogP contribution in [0.25, 0.3) is 0 Å². The van der Waals surface area contributed by atoms with E-state index in [0.717, 1.165) is 16.9 Å². The molecule has 0 radical (unpaired) electrons. The van der Waals surface area contributed by atoms with Gasteiger partial charge in [-0.15, -0.1) is 0 Å². The highest BCUT2D eigenvalue weighted by molar-refractivity contribution is 6.30. The number of rotatable bonds is 5. The van der Waals surface area contributed by atoms with Crippen molar-refractivity contribution in [2.45, 2.75) is 25.7 Å². The number of benzene rings is 1. The number of carbonyl (C=O) groups is 2. The first kappa shape index (κ1) is 19.7. The van der Waals surface area contributed by atoms with E-state index in [1.54, 1.807) is 0 Å². The van der Waals surface area contributed by atoms with Gasteiger partial charge in [0.25, 0.3) is 5.91 Å². The van der Waals surface area contributed by atoms with Crippen molar-refractivity contribution in [1.29, 1.82) is 0 Å². The van der Waals surface area contributed by atoms with Crippen LogP contribution in [0.3, 0.4) is 0 Å². The van der Waals surface area contributed by atoms with Crippen LogP contribution in [0.5, 0.6) is 0 Å². The number of hydrogen-bond acceptors (Lipinski definition) is 4. The van der Waals surface area contributed by atoms with E-state index < -0.39 is 42.2 Å². The lowest BCUT2D eigenvalue weighted by atomic mass is 10.3. The van der Waals surface area contributed by atoms with Crippen molar-refractivity contribution in [3.8, 4) is 0 Å². The van der Waals surface area contributed by atoms with Crippen LogP contribution in [0.2, 0.25) is 5.02 Å². The van der Waals surface area contributed by atoms with Crippen LogP contribution in [0.1, 0.15) is 12.6 Å². The van der Waals surface area contributed by atoms with Gasteiger partial charge in [0.05, 0.1) is 5.69 Å². The summed E-state index contributed by atoms with van der Waals surface area (Å²) in [6.45, 7) is 0.605. The van der Waals surface area contributed by atoms with Crippen molar-refractivity contribution in [2.24, 2.45) is 0 Å². The molecule has 1 aromatic heterocycles. The van der Waals surface area contributed by atoms with E-state index in [-0.39, 0.29) is 10.7 Å². The fraction of sp³-hybridized carbons (Fsp3) is 0.267. The second kappa shape index (κ2) is 7.73. The van der Waals surface area contributed by atoms with Crippen LogP contribution < -0.4 is 5.32 Å². The Morgan fingerprint density at radius 3 is 2.62 bits per heavy atom. The SMILES string of the molecule is CC(OC(=O)Cn1ccc(C(F)(F)F)n1)C(=O)Nc1ccc(Cl)cc1F. The molecule has 0 aliphatic carbocycles. The molecule has 26 heavy (non-hydrogen) atoms. The largest absolute Gasteiger partial charge is 0.451 e. The molecule has 0 fully saturated rings. The van der Waals surface area contributed by atoms with Gasteiger partial charge in [0, 0.05) is 11.2 Å². The van der Waals surface area contributed by atoms with E-state index in [1.165, 1.54) is 19.1 Å². The van der Waals surface area contributed by atoms with Gasteiger partial charge in [0.2, 0.25) is 0 Å². The molecule has 6 nitrogen and oxygen atoms in total. The summed E-state index contributed by atoms with van der Waals surface area (Å²) in [5, 5.41) is 5.54. The number of halogens is 5. The first-order chi connectivity index (χ1) is 12.1. The number of anilines is 1. The van der Waals surface area contributed by atoms with Crippen molar-refractivity contribution in [3.05, 3.63) is 47.0 Å². The number of amides is 1. The Morgan fingerprint density at radius 1 is 1.35 bits per heavy atom. The fourth-order valence-corrected chi connectivity index (χ4v) is 2.01. The molecule has 2 rings (SSSR count). The molecule has 1 heterocycles. The van der Waals surface area contributed by atoms with E-state index in [9.17, 15) is 27.2 Å². The van der Waals surface area contributed by atoms with Gasteiger partial charge >= 0.3 is 12.1 Å². The summed E-state index contributed by atoms with van der Waals surface area (Å²) < 4.78 is 56.5. The van der Waals surface area contributed by atoms with Crippen molar-refractivity contribution in [1.82, 2.24) is 9.78 Å². The molecule has 0 spiro atoms. The molecule has 140 valence electrons. The summed E-state index contributed by atoms with van der Waals surface area (Å²) in [4.78, 5) is 23.6. The van der Waals surface area contributed by atoms with E-state index in [4.69, 9.17) is 16.3 Å². The molecule has 1 atom stereocenters. The van der Waals surface area contributed by atoms with Gasteiger partial charge in [-0.1, -0.05) is 11.6 Å². The van der Waals surface area contributed by atoms with Gasteiger partial charge in [0.1, 0.15) is 12.4 Å². The van der Waals surface area contributed by atoms with Gasteiger partial charge in [-0.25, -0.2) is 4.39 Å². The highest BCUT2D eigenvalue weighted by atomic mass is 35.5.